The third kappa shape index (κ3) is 3.09. The van der Waals surface area contributed by atoms with Gasteiger partial charge in [-0.05, 0) is 30.3 Å². The van der Waals surface area contributed by atoms with Crippen molar-refractivity contribution < 1.29 is 18.1 Å². The molecule has 0 aliphatic rings. The molecule has 0 heterocycles. The van der Waals surface area contributed by atoms with Crippen LogP contribution in [0.2, 0.25) is 0 Å². The van der Waals surface area contributed by atoms with Gasteiger partial charge >= 0.3 is 0 Å². The molecule has 0 spiro atoms. The molecule has 0 saturated heterocycles. The number of nitrogen functional groups attached to an aromatic ring is 1. The topological polar surface area (TPSA) is 125 Å². The van der Waals surface area contributed by atoms with E-state index in [1.807, 2.05) is 0 Å². The van der Waals surface area contributed by atoms with Crippen molar-refractivity contribution in [3.05, 3.63) is 52.6 Å². The molecule has 0 fully saturated rings. The zero-order valence-electron chi connectivity index (χ0n) is 11.5. The molecule has 0 radical (unpaired) electrons. The molecule has 9 heteroatoms. The van der Waals surface area contributed by atoms with Crippen molar-refractivity contribution in [1.29, 1.82) is 0 Å². The Bertz CT molecular complexity index is 803. The zero-order valence-corrected chi connectivity index (χ0v) is 12.3. The van der Waals surface area contributed by atoms with E-state index in [9.17, 15) is 18.5 Å². The van der Waals surface area contributed by atoms with Crippen LogP contribution in [0.1, 0.15) is 0 Å². The molecule has 2 aromatic rings. The largest absolute Gasteiger partial charge is 0.497 e. The number of methoxy groups -OCH3 is 1. The summed E-state index contributed by atoms with van der Waals surface area (Å²) in [6.07, 6.45) is 0. The van der Waals surface area contributed by atoms with Crippen LogP contribution in [0.3, 0.4) is 0 Å². The maximum Gasteiger partial charge on any atom is 0.294 e. The molecule has 0 saturated carbocycles. The van der Waals surface area contributed by atoms with Crippen molar-refractivity contribution in [2.75, 3.05) is 17.6 Å². The Kier molecular flexibility index (Phi) is 4.18. The number of nitrogens with one attached hydrogen (secondary N) is 1. The molecule has 116 valence electrons. The Morgan fingerprint density at radius 1 is 1.18 bits per heavy atom. The third-order valence-electron chi connectivity index (χ3n) is 2.89. The van der Waals surface area contributed by atoms with Crippen LogP contribution in [-0.2, 0) is 10.0 Å². The number of nitro benzene ring substituents is 1. The molecule has 2 rings (SSSR count). The normalized spacial score (nSPS) is 11.0. The van der Waals surface area contributed by atoms with Crippen LogP contribution < -0.4 is 15.2 Å². The molecule has 0 bridgehead atoms. The number of ether oxygens (including phenoxy) is 1. The van der Waals surface area contributed by atoms with E-state index in [1.54, 1.807) is 0 Å². The first-order valence-corrected chi connectivity index (χ1v) is 7.53. The van der Waals surface area contributed by atoms with Gasteiger partial charge < -0.3 is 10.5 Å². The minimum atomic E-state index is -3.91. The quantitative estimate of drug-likeness (QED) is 0.492. The van der Waals surface area contributed by atoms with E-state index in [-0.39, 0.29) is 22.0 Å². The summed E-state index contributed by atoms with van der Waals surface area (Å²) in [6, 6.07) is 9.59. The number of nitro groups is 1. The molecular formula is C13H13N3O5S. The van der Waals surface area contributed by atoms with E-state index < -0.39 is 14.9 Å². The summed E-state index contributed by atoms with van der Waals surface area (Å²) in [5, 5.41) is 10.8. The summed E-state index contributed by atoms with van der Waals surface area (Å²) in [5.41, 5.74) is 4.96. The molecule has 0 aliphatic heterocycles. The Labute approximate surface area is 126 Å². The number of anilines is 2. The number of rotatable bonds is 5. The van der Waals surface area contributed by atoms with E-state index >= 15 is 0 Å². The van der Waals surface area contributed by atoms with E-state index in [0.717, 1.165) is 0 Å². The lowest BCUT2D eigenvalue weighted by Crippen LogP contribution is -2.14. The first-order chi connectivity index (χ1) is 10.3. The van der Waals surface area contributed by atoms with Gasteiger partial charge in [-0.3, -0.25) is 14.8 Å². The standard InChI is InChI=1S/C13H13N3O5S/c1-21-9-5-7-10(8-6-9)22(19,20)15-11-3-2-4-12(13(11)14)16(17)18/h2-8,15H,14H2,1H3. The molecule has 22 heavy (non-hydrogen) atoms. The van der Waals surface area contributed by atoms with Gasteiger partial charge in [0.1, 0.15) is 11.4 Å². The average molecular weight is 323 g/mol. The number of para-hydroxylation sites is 1. The van der Waals surface area contributed by atoms with Gasteiger partial charge in [-0.2, -0.15) is 0 Å². The lowest BCUT2D eigenvalue weighted by atomic mass is 10.2. The van der Waals surface area contributed by atoms with Crippen LogP contribution in [0.4, 0.5) is 17.1 Å². The highest BCUT2D eigenvalue weighted by Crippen LogP contribution is 2.30. The smallest absolute Gasteiger partial charge is 0.294 e. The first kappa shape index (κ1) is 15.6. The van der Waals surface area contributed by atoms with Crippen molar-refractivity contribution in [2.24, 2.45) is 0 Å². The monoisotopic (exact) mass is 323 g/mol. The molecule has 0 amide bonds. The minimum absolute atomic E-state index is 0.0146. The highest BCUT2D eigenvalue weighted by atomic mass is 32.2. The fourth-order valence-electron chi connectivity index (χ4n) is 1.76. The highest BCUT2D eigenvalue weighted by Gasteiger charge is 2.20. The highest BCUT2D eigenvalue weighted by molar-refractivity contribution is 7.92. The van der Waals surface area contributed by atoms with Gasteiger partial charge in [0.25, 0.3) is 15.7 Å². The van der Waals surface area contributed by atoms with Crippen molar-refractivity contribution in [2.45, 2.75) is 4.90 Å². The van der Waals surface area contributed by atoms with Gasteiger partial charge in [-0.15, -0.1) is 0 Å². The Morgan fingerprint density at radius 3 is 2.36 bits per heavy atom. The number of hydrogen-bond donors (Lipinski definition) is 2. The lowest BCUT2D eigenvalue weighted by molar-refractivity contribution is -0.383. The zero-order chi connectivity index (χ0) is 16.3. The van der Waals surface area contributed by atoms with Crippen molar-refractivity contribution >= 4 is 27.1 Å². The van der Waals surface area contributed by atoms with Gasteiger partial charge in [0, 0.05) is 6.07 Å². The third-order valence-corrected chi connectivity index (χ3v) is 4.28. The Hall–Kier alpha value is -2.81. The number of sulfonamides is 1. The molecule has 3 N–H and O–H groups in total. The van der Waals surface area contributed by atoms with E-state index in [0.29, 0.717) is 5.75 Å². The predicted molar refractivity (Wildman–Crippen MR) is 81.3 cm³/mol. The second kappa shape index (κ2) is 5.90. The number of benzene rings is 2. The van der Waals surface area contributed by atoms with Crippen molar-refractivity contribution in [1.82, 2.24) is 0 Å². The van der Waals surface area contributed by atoms with Gasteiger partial charge in [0.2, 0.25) is 0 Å². The van der Waals surface area contributed by atoms with Crippen molar-refractivity contribution in [3.63, 3.8) is 0 Å². The van der Waals surface area contributed by atoms with Crippen LogP contribution in [0.25, 0.3) is 0 Å². The summed E-state index contributed by atoms with van der Waals surface area (Å²) < 4.78 is 31.7. The fourth-order valence-corrected chi connectivity index (χ4v) is 2.84. The summed E-state index contributed by atoms with van der Waals surface area (Å²) >= 11 is 0. The molecule has 8 nitrogen and oxygen atoms in total. The molecule has 2 aromatic carbocycles. The summed E-state index contributed by atoms with van der Waals surface area (Å²) in [4.78, 5) is 10.1. The summed E-state index contributed by atoms with van der Waals surface area (Å²) in [7, 11) is -2.45. The minimum Gasteiger partial charge on any atom is -0.497 e. The number of nitrogens with two attached hydrogens (primary N) is 1. The van der Waals surface area contributed by atoms with Crippen LogP contribution in [-0.4, -0.2) is 20.5 Å². The average Bonchev–Trinajstić information content (AvgIpc) is 2.49. The molecule has 0 atom stereocenters. The van der Waals surface area contributed by atoms with Gasteiger partial charge in [0.05, 0.1) is 22.6 Å². The van der Waals surface area contributed by atoms with Crippen LogP contribution >= 0.6 is 0 Å². The van der Waals surface area contributed by atoms with E-state index in [1.165, 1.54) is 49.6 Å². The summed E-state index contributed by atoms with van der Waals surface area (Å²) in [6.45, 7) is 0. The van der Waals surface area contributed by atoms with E-state index in [2.05, 4.69) is 4.72 Å². The number of nitrogens with zero attached hydrogens (tertiary/aromatic N) is 1. The molecule has 0 aromatic heterocycles. The second-order valence-corrected chi connectivity index (χ2v) is 5.96. The molecular weight excluding hydrogens is 310 g/mol. The lowest BCUT2D eigenvalue weighted by Gasteiger charge is -2.10. The van der Waals surface area contributed by atoms with Gasteiger partial charge in [-0.25, -0.2) is 8.42 Å². The van der Waals surface area contributed by atoms with Gasteiger partial charge in [-0.1, -0.05) is 6.07 Å². The maximum absolute atomic E-state index is 12.3. The van der Waals surface area contributed by atoms with Crippen LogP contribution in [0.5, 0.6) is 5.75 Å². The Balaban J connectivity index is 2.36. The SMILES string of the molecule is COc1ccc(S(=O)(=O)Nc2cccc([N+](=O)[O-])c2N)cc1. The van der Waals surface area contributed by atoms with Crippen LogP contribution in [0, 0.1) is 10.1 Å². The number of hydrogen-bond acceptors (Lipinski definition) is 6. The second-order valence-electron chi connectivity index (χ2n) is 4.28. The maximum atomic E-state index is 12.3. The Morgan fingerprint density at radius 2 is 1.82 bits per heavy atom. The van der Waals surface area contributed by atoms with E-state index in [4.69, 9.17) is 10.5 Å². The molecule has 0 unspecified atom stereocenters. The van der Waals surface area contributed by atoms with Crippen molar-refractivity contribution in [3.8, 4) is 5.75 Å². The first-order valence-electron chi connectivity index (χ1n) is 6.05. The van der Waals surface area contributed by atoms with Crippen LogP contribution in [0.15, 0.2) is 47.4 Å². The molecule has 0 aliphatic carbocycles. The summed E-state index contributed by atoms with van der Waals surface area (Å²) in [5.74, 6) is 0.508. The van der Waals surface area contributed by atoms with Gasteiger partial charge in [0.15, 0.2) is 0 Å². The fraction of sp³-hybridized carbons (Fsp3) is 0.0769. The predicted octanol–water partition coefficient (Wildman–Crippen LogP) is 1.99.